The summed E-state index contributed by atoms with van der Waals surface area (Å²) in [5.74, 6) is -0.130. The van der Waals surface area contributed by atoms with Crippen LogP contribution < -0.4 is 10.2 Å². The van der Waals surface area contributed by atoms with Crippen molar-refractivity contribution in [2.75, 3.05) is 13.2 Å². The maximum absolute atomic E-state index is 11.7. The molecule has 1 heterocycles. The van der Waals surface area contributed by atoms with Crippen molar-refractivity contribution in [1.82, 2.24) is 0 Å². The first-order chi connectivity index (χ1) is 9.51. The number of carbonyl (C=O) groups is 1. The summed E-state index contributed by atoms with van der Waals surface area (Å²) in [5, 5.41) is 9.92. The number of hydrogen-bond donors (Lipinski definition) is 1. The topological polar surface area (TPSA) is 86.0 Å². The first kappa shape index (κ1) is 13.9. The van der Waals surface area contributed by atoms with E-state index in [0.717, 1.165) is 0 Å². The Hall–Kier alpha value is -2.50. The zero-order chi connectivity index (χ0) is 14.7. The van der Waals surface area contributed by atoms with Crippen molar-refractivity contribution in [2.24, 2.45) is 0 Å². The summed E-state index contributed by atoms with van der Waals surface area (Å²) in [7, 11) is 0. The molecule has 6 heteroatoms. The fourth-order valence-corrected chi connectivity index (χ4v) is 1.79. The largest absolute Gasteiger partial charge is 0.507 e. The molecule has 0 amide bonds. The van der Waals surface area contributed by atoms with Gasteiger partial charge in [-0.1, -0.05) is 0 Å². The first-order valence-corrected chi connectivity index (χ1v) is 6.07. The van der Waals surface area contributed by atoms with Crippen LogP contribution in [-0.2, 0) is 9.53 Å². The van der Waals surface area contributed by atoms with E-state index in [2.05, 4.69) is 0 Å². The number of carbonyl (C=O) groups excluding carboxylic acids is 1. The Morgan fingerprint density at radius 3 is 2.80 bits per heavy atom. The lowest BCUT2D eigenvalue weighted by atomic mass is 10.2. The minimum absolute atomic E-state index is 0.0825. The number of fused-ring (bicyclic) bond motifs is 1. The van der Waals surface area contributed by atoms with Crippen molar-refractivity contribution in [3.63, 3.8) is 0 Å². The van der Waals surface area contributed by atoms with Crippen LogP contribution in [0.4, 0.5) is 0 Å². The smallest absolute Gasteiger partial charge is 0.344 e. The van der Waals surface area contributed by atoms with Crippen molar-refractivity contribution in [1.29, 1.82) is 0 Å². The third kappa shape index (κ3) is 2.90. The van der Waals surface area contributed by atoms with Crippen molar-refractivity contribution in [3.8, 4) is 11.5 Å². The first-order valence-electron chi connectivity index (χ1n) is 6.07. The van der Waals surface area contributed by atoms with Crippen LogP contribution in [0.15, 0.2) is 27.4 Å². The quantitative estimate of drug-likeness (QED) is 0.857. The molecule has 20 heavy (non-hydrogen) atoms. The number of phenolic OH excluding ortho intramolecular Hbond substituents is 1. The van der Waals surface area contributed by atoms with Gasteiger partial charge >= 0.3 is 5.97 Å². The molecular formula is C14H14O6. The van der Waals surface area contributed by atoms with Crippen molar-refractivity contribution in [2.45, 2.75) is 13.8 Å². The molecule has 0 saturated carbocycles. The van der Waals surface area contributed by atoms with Gasteiger partial charge < -0.3 is 19.0 Å². The zero-order valence-corrected chi connectivity index (χ0v) is 11.1. The Kier molecular flexibility index (Phi) is 3.93. The highest BCUT2D eigenvalue weighted by Crippen LogP contribution is 2.28. The third-order valence-electron chi connectivity index (χ3n) is 2.57. The lowest BCUT2D eigenvalue weighted by Crippen LogP contribution is -2.14. The highest BCUT2D eigenvalue weighted by molar-refractivity contribution is 5.84. The van der Waals surface area contributed by atoms with E-state index in [-0.39, 0.29) is 41.1 Å². The summed E-state index contributed by atoms with van der Waals surface area (Å²) in [4.78, 5) is 22.9. The second-order valence-corrected chi connectivity index (χ2v) is 4.13. The van der Waals surface area contributed by atoms with E-state index in [4.69, 9.17) is 13.9 Å². The van der Waals surface area contributed by atoms with Gasteiger partial charge in [0, 0.05) is 18.2 Å². The Bertz CT molecular complexity index is 701. The highest BCUT2D eigenvalue weighted by atomic mass is 16.6. The van der Waals surface area contributed by atoms with Gasteiger partial charge in [-0.05, 0) is 13.8 Å². The highest BCUT2D eigenvalue weighted by Gasteiger charge is 2.11. The van der Waals surface area contributed by atoms with Crippen molar-refractivity contribution < 1.29 is 23.8 Å². The fourth-order valence-electron chi connectivity index (χ4n) is 1.79. The van der Waals surface area contributed by atoms with E-state index in [9.17, 15) is 14.7 Å². The van der Waals surface area contributed by atoms with Crippen LogP contribution in [-0.4, -0.2) is 24.3 Å². The number of aryl methyl sites for hydroxylation is 1. The average Bonchev–Trinajstić information content (AvgIpc) is 2.35. The molecule has 0 radical (unpaired) electrons. The second kappa shape index (κ2) is 5.64. The minimum atomic E-state index is -0.516. The molecule has 1 N–H and O–H groups in total. The maximum Gasteiger partial charge on any atom is 0.344 e. The van der Waals surface area contributed by atoms with Crippen LogP contribution in [0.25, 0.3) is 11.0 Å². The normalized spacial score (nSPS) is 10.5. The van der Waals surface area contributed by atoms with Crippen molar-refractivity contribution in [3.05, 3.63) is 34.2 Å². The van der Waals surface area contributed by atoms with Crippen LogP contribution >= 0.6 is 0 Å². The molecule has 2 rings (SSSR count). The number of esters is 1. The van der Waals surface area contributed by atoms with E-state index in [1.807, 2.05) is 0 Å². The van der Waals surface area contributed by atoms with Gasteiger partial charge in [0.1, 0.15) is 28.2 Å². The summed E-state index contributed by atoms with van der Waals surface area (Å²) in [6.07, 6.45) is 0. The van der Waals surface area contributed by atoms with Gasteiger partial charge in [0.05, 0.1) is 6.61 Å². The predicted molar refractivity (Wildman–Crippen MR) is 71.0 cm³/mol. The predicted octanol–water partition coefficient (Wildman–Crippen LogP) is 1.75. The third-order valence-corrected chi connectivity index (χ3v) is 2.57. The van der Waals surface area contributed by atoms with E-state index in [1.165, 1.54) is 18.2 Å². The number of rotatable bonds is 4. The second-order valence-electron chi connectivity index (χ2n) is 4.13. The Morgan fingerprint density at radius 1 is 1.35 bits per heavy atom. The summed E-state index contributed by atoms with van der Waals surface area (Å²) in [6.45, 7) is 3.30. The van der Waals surface area contributed by atoms with E-state index in [1.54, 1.807) is 13.8 Å². The monoisotopic (exact) mass is 278 g/mol. The number of phenols is 1. The molecule has 6 nitrogen and oxygen atoms in total. The molecule has 0 fully saturated rings. The molecule has 0 aliphatic heterocycles. The van der Waals surface area contributed by atoms with Crippen LogP contribution in [0.1, 0.15) is 12.7 Å². The summed E-state index contributed by atoms with van der Waals surface area (Å²) < 4.78 is 15.3. The molecule has 1 aromatic carbocycles. The van der Waals surface area contributed by atoms with Crippen LogP contribution in [0, 0.1) is 6.92 Å². The van der Waals surface area contributed by atoms with E-state index in [0.29, 0.717) is 5.76 Å². The zero-order valence-electron chi connectivity index (χ0n) is 11.1. The number of ether oxygens (including phenoxy) is 2. The number of aromatic hydroxyl groups is 1. The van der Waals surface area contributed by atoms with Gasteiger partial charge in [-0.15, -0.1) is 0 Å². The van der Waals surface area contributed by atoms with Crippen LogP contribution in [0.3, 0.4) is 0 Å². The lowest BCUT2D eigenvalue weighted by Gasteiger charge is -2.08. The number of hydrogen-bond acceptors (Lipinski definition) is 6. The maximum atomic E-state index is 11.7. The Balaban J connectivity index is 2.33. The van der Waals surface area contributed by atoms with E-state index >= 15 is 0 Å². The minimum Gasteiger partial charge on any atom is -0.507 e. The van der Waals surface area contributed by atoms with Crippen molar-refractivity contribution >= 4 is 16.9 Å². The van der Waals surface area contributed by atoms with Gasteiger partial charge in [0.15, 0.2) is 12.0 Å². The van der Waals surface area contributed by atoms with Gasteiger partial charge in [0.25, 0.3) is 0 Å². The fraction of sp³-hybridized carbons (Fsp3) is 0.286. The van der Waals surface area contributed by atoms with Gasteiger partial charge in [-0.3, -0.25) is 4.79 Å². The molecule has 0 aliphatic rings. The van der Waals surface area contributed by atoms with Gasteiger partial charge in [0.2, 0.25) is 0 Å². The average molecular weight is 278 g/mol. The van der Waals surface area contributed by atoms with Gasteiger partial charge in [-0.25, -0.2) is 4.79 Å². The molecular weight excluding hydrogens is 264 g/mol. The summed E-state index contributed by atoms with van der Waals surface area (Å²) in [5.41, 5.74) is -0.132. The molecule has 0 unspecified atom stereocenters. The van der Waals surface area contributed by atoms with E-state index < -0.39 is 5.97 Å². The summed E-state index contributed by atoms with van der Waals surface area (Å²) in [6, 6.07) is 4.00. The summed E-state index contributed by atoms with van der Waals surface area (Å²) >= 11 is 0. The molecule has 1 aromatic heterocycles. The van der Waals surface area contributed by atoms with Crippen LogP contribution in [0.2, 0.25) is 0 Å². The number of benzene rings is 1. The molecule has 106 valence electrons. The molecule has 0 spiro atoms. The SMILES string of the molecule is CCOC(=O)COc1cc(O)c2c(=O)cc(C)oc2c1. The molecule has 0 saturated heterocycles. The molecule has 0 atom stereocenters. The van der Waals surface area contributed by atoms with Gasteiger partial charge in [-0.2, -0.15) is 0 Å². The molecule has 0 bridgehead atoms. The molecule has 0 aliphatic carbocycles. The molecule has 2 aromatic rings. The Morgan fingerprint density at radius 2 is 2.10 bits per heavy atom. The lowest BCUT2D eigenvalue weighted by molar-refractivity contribution is -0.145. The standard InChI is InChI=1S/C14H14O6/c1-3-18-13(17)7-19-9-5-11(16)14-10(15)4-8(2)20-12(14)6-9/h4-6,16H,3,7H2,1-2H3. The Labute approximate surface area is 114 Å². The van der Waals surface area contributed by atoms with Crippen LogP contribution in [0.5, 0.6) is 11.5 Å².